The smallest absolute Gasteiger partial charge is 0.167 e. The van der Waals surface area contributed by atoms with Gasteiger partial charge in [-0.2, -0.15) is 0 Å². The number of nitrogens with zero attached hydrogens (tertiary/aromatic N) is 4. The molecule has 0 spiro atoms. The minimum absolute atomic E-state index is 0.250. The van der Waals surface area contributed by atoms with E-state index in [0.717, 1.165) is 0 Å². The predicted molar refractivity (Wildman–Crippen MR) is 59.9 cm³/mol. The molecule has 0 bridgehead atoms. The highest BCUT2D eigenvalue weighted by Crippen LogP contribution is 2.30. The lowest BCUT2D eigenvalue weighted by Gasteiger charge is -2.13. The van der Waals surface area contributed by atoms with E-state index in [2.05, 4.69) is 15.0 Å². The largest absolute Gasteiger partial charge is 0.393 e. The van der Waals surface area contributed by atoms with Gasteiger partial charge in [0.1, 0.15) is 23.8 Å². The van der Waals surface area contributed by atoms with Gasteiger partial charge in [-0.25, -0.2) is 19.3 Å². The van der Waals surface area contributed by atoms with Crippen LogP contribution in [0.25, 0.3) is 11.2 Å². The number of rotatable bonds is 2. The van der Waals surface area contributed by atoms with E-state index in [1.165, 1.54) is 23.3 Å². The summed E-state index contributed by atoms with van der Waals surface area (Å²) >= 11 is 0. The number of aliphatic hydroxyl groups excluding tert-OH is 1. The lowest BCUT2D eigenvalue weighted by Crippen LogP contribution is -2.16. The van der Waals surface area contributed by atoms with Gasteiger partial charge in [-0.3, -0.25) is 4.57 Å². The highest BCUT2D eigenvalue weighted by Gasteiger charge is 2.29. The molecule has 8 heteroatoms. The Hall–Kier alpha value is -2.06. The first-order valence-electron chi connectivity index (χ1n) is 5.27. The van der Waals surface area contributed by atoms with E-state index < -0.39 is 24.8 Å². The summed E-state index contributed by atoms with van der Waals surface area (Å²) in [7, 11) is 0. The molecular formula is C10H10FN5O2. The molecule has 3 rings (SSSR count). The molecule has 0 aromatic carbocycles. The fourth-order valence-corrected chi connectivity index (χ4v) is 1.85. The minimum Gasteiger partial charge on any atom is -0.393 e. The van der Waals surface area contributed by atoms with E-state index in [4.69, 9.17) is 15.6 Å². The number of ether oxygens (including phenoxy) is 1. The van der Waals surface area contributed by atoms with Gasteiger partial charge < -0.3 is 15.6 Å². The zero-order valence-corrected chi connectivity index (χ0v) is 9.19. The molecular weight excluding hydrogens is 241 g/mol. The third kappa shape index (κ3) is 1.54. The van der Waals surface area contributed by atoms with Crippen LogP contribution in [0.2, 0.25) is 0 Å². The van der Waals surface area contributed by atoms with Crippen LogP contribution < -0.4 is 5.73 Å². The second-order valence-corrected chi connectivity index (χ2v) is 3.83. The van der Waals surface area contributed by atoms with Crippen molar-refractivity contribution in [1.29, 1.82) is 0 Å². The van der Waals surface area contributed by atoms with Gasteiger partial charge in [-0.15, -0.1) is 0 Å². The summed E-state index contributed by atoms with van der Waals surface area (Å²) in [4.78, 5) is 11.9. The van der Waals surface area contributed by atoms with Gasteiger partial charge in [0.25, 0.3) is 0 Å². The molecule has 1 aliphatic rings. The van der Waals surface area contributed by atoms with Crippen molar-refractivity contribution in [2.24, 2.45) is 0 Å². The van der Waals surface area contributed by atoms with Crippen LogP contribution in [-0.4, -0.2) is 37.3 Å². The first-order chi connectivity index (χ1) is 8.70. The first-order valence-corrected chi connectivity index (χ1v) is 5.27. The highest BCUT2D eigenvalue weighted by molar-refractivity contribution is 5.81. The van der Waals surface area contributed by atoms with Gasteiger partial charge in [0.15, 0.2) is 17.7 Å². The number of halogens is 1. The van der Waals surface area contributed by atoms with E-state index in [1.807, 2.05) is 0 Å². The van der Waals surface area contributed by atoms with Gasteiger partial charge in [0, 0.05) is 0 Å². The average Bonchev–Trinajstić information content (AvgIpc) is 2.93. The molecule has 3 heterocycles. The normalized spacial score (nSPS) is 23.6. The Bertz CT molecular complexity index is 626. The molecule has 0 fully saturated rings. The van der Waals surface area contributed by atoms with Crippen molar-refractivity contribution in [3.8, 4) is 0 Å². The number of anilines is 1. The van der Waals surface area contributed by atoms with Crippen molar-refractivity contribution in [3.63, 3.8) is 0 Å². The number of aromatic nitrogens is 4. The van der Waals surface area contributed by atoms with Crippen LogP contribution in [0.3, 0.4) is 0 Å². The number of aliphatic hydroxyl groups is 1. The first kappa shape index (κ1) is 11.1. The van der Waals surface area contributed by atoms with Crippen LogP contribution >= 0.6 is 0 Å². The topological polar surface area (TPSA) is 99.1 Å². The number of hydrogen-bond acceptors (Lipinski definition) is 6. The third-order valence-electron chi connectivity index (χ3n) is 2.74. The Morgan fingerprint density at radius 3 is 3.00 bits per heavy atom. The van der Waals surface area contributed by atoms with Gasteiger partial charge in [0.05, 0.1) is 12.9 Å². The molecule has 0 amide bonds. The fourth-order valence-electron chi connectivity index (χ4n) is 1.85. The maximum atomic E-state index is 13.4. The van der Waals surface area contributed by atoms with Crippen LogP contribution in [0.1, 0.15) is 6.23 Å². The van der Waals surface area contributed by atoms with Gasteiger partial charge in [0.2, 0.25) is 0 Å². The van der Waals surface area contributed by atoms with Crippen LogP contribution in [0.15, 0.2) is 24.6 Å². The number of nitrogen functional groups attached to an aromatic ring is 1. The SMILES string of the molecule is Nc1ncnc2c1ncn2[C@H]1C=C(F)[C@@H](CO)O1. The van der Waals surface area contributed by atoms with Crippen LogP contribution in [0.5, 0.6) is 0 Å². The van der Waals surface area contributed by atoms with Gasteiger partial charge in [-0.1, -0.05) is 0 Å². The minimum atomic E-state index is -0.938. The molecule has 2 aromatic heterocycles. The summed E-state index contributed by atoms with van der Waals surface area (Å²) < 4.78 is 20.2. The predicted octanol–water partition coefficient (Wildman–Crippen LogP) is 0.152. The summed E-state index contributed by atoms with van der Waals surface area (Å²) in [6, 6.07) is 0. The molecule has 18 heavy (non-hydrogen) atoms. The molecule has 2 atom stereocenters. The number of nitrogens with two attached hydrogens (primary N) is 1. The van der Waals surface area contributed by atoms with E-state index in [1.54, 1.807) is 0 Å². The maximum Gasteiger partial charge on any atom is 0.167 e. The standard InChI is InChI=1S/C10H10FN5O2/c11-5-1-7(18-6(5)2-17)16-4-15-8-9(12)13-3-14-10(8)16/h1,3-4,6-7,17H,2H2,(H2,12,13,14)/t6-,7-/m1/s1. The van der Waals surface area contributed by atoms with Crippen molar-refractivity contribution in [1.82, 2.24) is 19.5 Å². The third-order valence-corrected chi connectivity index (χ3v) is 2.74. The van der Waals surface area contributed by atoms with Gasteiger partial charge >= 0.3 is 0 Å². The Kier molecular flexibility index (Phi) is 2.46. The van der Waals surface area contributed by atoms with Crippen LogP contribution in [0.4, 0.5) is 10.2 Å². The lowest BCUT2D eigenvalue weighted by atomic mass is 10.3. The molecule has 3 N–H and O–H groups in total. The Morgan fingerprint density at radius 1 is 1.44 bits per heavy atom. The average molecular weight is 251 g/mol. The van der Waals surface area contributed by atoms with Gasteiger partial charge in [-0.05, 0) is 6.08 Å². The monoisotopic (exact) mass is 251 g/mol. The van der Waals surface area contributed by atoms with Crippen molar-refractivity contribution < 1.29 is 14.2 Å². The van der Waals surface area contributed by atoms with Crippen molar-refractivity contribution in [2.45, 2.75) is 12.3 Å². The zero-order valence-electron chi connectivity index (χ0n) is 9.19. The zero-order chi connectivity index (χ0) is 12.7. The second-order valence-electron chi connectivity index (χ2n) is 3.83. The van der Waals surface area contributed by atoms with E-state index in [0.29, 0.717) is 11.2 Å². The summed E-state index contributed by atoms with van der Waals surface area (Å²) in [6.45, 7) is -0.414. The lowest BCUT2D eigenvalue weighted by molar-refractivity contribution is -0.0163. The second kappa shape index (κ2) is 4.00. The summed E-state index contributed by atoms with van der Waals surface area (Å²) in [6.07, 6.45) is 2.38. The molecule has 0 unspecified atom stereocenters. The molecule has 7 nitrogen and oxygen atoms in total. The molecule has 94 valence electrons. The summed E-state index contributed by atoms with van der Waals surface area (Å²) in [5, 5.41) is 8.93. The van der Waals surface area contributed by atoms with Crippen molar-refractivity contribution in [2.75, 3.05) is 12.3 Å². The Morgan fingerprint density at radius 2 is 2.28 bits per heavy atom. The molecule has 1 aliphatic heterocycles. The fraction of sp³-hybridized carbons (Fsp3) is 0.300. The molecule has 0 radical (unpaired) electrons. The Labute approximate surface area is 101 Å². The van der Waals surface area contributed by atoms with Crippen LogP contribution in [-0.2, 0) is 4.74 Å². The molecule has 2 aromatic rings. The molecule has 0 saturated carbocycles. The van der Waals surface area contributed by atoms with Crippen molar-refractivity contribution in [3.05, 3.63) is 24.6 Å². The highest BCUT2D eigenvalue weighted by atomic mass is 19.1. The maximum absolute atomic E-state index is 13.4. The number of hydrogen-bond donors (Lipinski definition) is 2. The van der Waals surface area contributed by atoms with E-state index >= 15 is 0 Å². The summed E-state index contributed by atoms with van der Waals surface area (Å²) in [5.41, 5.74) is 6.54. The number of imidazole rings is 1. The van der Waals surface area contributed by atoms with Crippen molar-refractivity contribution >= 4 is 17.0 Å². The quantitative estimate of drug-likeness (QED) is 0.788. The number of fused-ring (bicyclic) bond motifs is 1. The van der Waals surface area contributed by atoms with E-state index in [9.17, 15) is 4.39 Å². The van der Waals surface area contributed by atoms with Crippen LogP contribution in [0, 0.1) is 0 Å². The molecule has 0 saturated heterocycles. The molecule has 0 aliphatic carbocycles. The Balaban J connectivity index is 2.04. The summed E-state index contributed by atoms with van der Waals surface area (Å²) in [5.74, 6) is -0.258. The van der Waals surface area contributed by atoms with E-state index in [-0.39, 0.29) is 5.82 Å².